The molecule has 1 aliphatic heterocycles. The molecule has 0 saturated carbocycles. The molecule has 1 aromatic rings. The number of hydrogen-bond acceptors (Lipinski definition) is 3. The van der Waals surface area contributed by atoms with Gasteiger partial charge in [0.2, 0.25) is 0 Å². The predicted octanol–water partition coefficient (Wildman–Crippen LogP) is 0.924. The highest BCUT2D eigenvalue weighted by Gasteiger charge is 2.25. The van der Waals surface area contributed by atoms with Crippen molar-refractivity contribution in [1.29, 1.82) is 0 Å². The third kappa shape index (κ3) is 1.47. The minimum atomic E-state index is -0.0336. The minimum absolute atomic E-state index is 0.0336. The lowest BCUT2D eigenvalue weighted by Crippen LogP contribution is -2.21. The molecule has 0 radical (unpaired) electrons. The molecule has 0 aliphatic carbocycles. The lowest BCUT2D eigenvalue weighted by molar-refractivity contribution is -0.00757. The van der Waals surface area contributed by atoms with Crippen LogP contribution < -0.4 is 0 Å². The molecule has 2 atom stereocenters. The summed E-state index contributed by atoms with van der Waals surface area (Å²) in [6.45, 7) is 3.99. The van der Waals surface area contributed by atoms with Gasteiger partial charge in [0.15, 0.2) is 0 Å². The number of nitrogens with zero attached hydrogens (tertiary/aromatic N) is 1. The van der Waals surface area contributed by atoms with Gasteiger partial charge in [0.05, 0.1) is 17.9 Å². The van der Waals surface area contributed by atoms with Gasteiger partial charge in [-0.2, -0.15) is 0 Å². The molecule has 13 heavy (non-hydrogen) atoms. The van der Waals surface area contributed by atoms with E-state index in [9.17, 15) is 0 Å². The zero-order valence-electron chi connectivity index (χ0n) is 7.87. The average molecular weight is 182 g/mol. The Labute approximate surface area is 77.0 Å². The quantitative estimate of drug-likeness (QED) is 0.679. The average Bonchev–Trinajstić information content (AvgIpc) is 2.47. The molecule has 2 rings (SSSR count). The van der Waals surface area contributed by atoms with Crippen molar-refractivity contribution in [2.45, 2.75) is 39.1 Å². The van der Waals surface area contributed by atoms with Crippen molar-refractivity contribution in [1.82, 2.24) is 9.97 Å². The van der Waals surface area contributed by atoms with E-state index in [0.717, 1.165) is 17.8 Å². The summed E-state index contributed by atoms with van der Waals surface area (Å²) in [4.78, 5) is 7.36. The first-order chi connectivity index (χ1) is 6.20. The van der Waals surface area contributed by atoms with Crippen molar-refractivity contribution in [3.63, 3.8) is 0 Å². The van der Waals surface area contributed by atoms with E-state index in [0.29, 0.717) is 5.82 Å². The molecular formula is C9H14N2O2. The molecule has 1 aromatic heterocycles. The van der Waals surface area contributed by atoms with Gasteiger partial charge in [0.1, 0.15) is 12.4 Å². The molecule has 0 spiro atoms. The molecule has 0 aromatic carbocycles. The number of imidazole rings is 1. The molecule has 2 unspecified atom stereocenters. The van der Waals surface area contributed by atoms with Crippen LogP contribution in [0.25, 0.3) is 0 Å². The van der Waals surface area contributed by atoms with Crippen molar-refractivity contribution in [2.24, 2.45) is 0 Å². The molecule has 2 heterocycles. The molecule has 0 saturated heterocycles. The topological polar surface area (TPSA) is 58.1 Å². The van der Waals surface area contributed by atoms with Gasteiger partial charge in [0, 0.05) is 12.1 Å². The van der Waals surface area contributed by atoms with Gasteiger partial charge in [-0.1, -0.05) is 0 Å². The Kier molecular flexibility index (Phi) is 2.09. The van der Waals surface area contributed by atoms with Crippen LogP contribution in [0.2, 0.25) is 0 Å². The van der Waals surface area contributed by atoms with Crippen LogP contribution in [0.1, 0.15) is 37.2 Å². The van der Waals surface area contributed by atoms with Gasteiger partial charge in [0.25, 0.3) is 0 Å². The van der Waals surface area contributed by atoms with Crippen molar-refractivity contribution in [3.8, 4) is 0 Å². The molecular weight excluding hydrogens is 168 g/mol. The zero-order valence-corrected chi connectivity index (χ0v) is 7.87. The summed E-state index contributed by atoms with van der Waals surface area (Å²) >= 11 is 0. The Balaban J connectivity index is 2.35. The standard InChI is InChI=1S/C9H14N2O2/c1-5-3-7-9(6(2)13-5)11-8(4-12)10-7/h5-6,12H,3-4H2,1-2H3,(H,10,11). The molecule has 4 nitrogen and oxygen atoms in total. The molecule has 1 aliphatic rings. The molecule has 72 valence electrons. The van der Waals surface area contributed by atoms with E-state index in [2.05, 4.69) is 9.97 Å². The summed E-state index contributed by atoms with van der Waals surface area (Å²) in [7, 11) is 0. The Bertz CT molecular complexity index is 309. The van der Waals surface area contributed by atoms with Crippen molar-refractivity contribution < 1.29 is 9.84 Å². The lowest BCUT2D eigenvalue weighted by atomic mass is 10.1. The van der Waals surface area contributed by atoms with Gasteiger partial charge in [-0.15, -0.1) is 0 Å². The predicted molar refractivity (Wildman–Crippen MR) is 47.2 cm³/mol. The summed E-state index contributed by atoms with van der Waals surface area (Å²) in [5, 5.41) is 8.90. The van der Waals surface area contributed by atoms with Crippen LogP contribution in [0.5, 0.6) is 0 Å². The summed E-state index contributed by atoms with van der Waals surface area (Å²) in [6.07, 6.45) is 1.12. The first-order valence-corrected chi connectivity index (χ1v) is 4.54. The number of aliphatic hydroxyl groups excluding tert-OH is 1. The molecule has 0 fully saturated rings. The normalized spacial score (nSPS) is 27.3. The van der Waals surface area contributed by atoms with Crippen molar-refractivity contribution in [3.05, 3.63) is 17.2 Å². The SMILES string of the molecule is CC1Cc2[nH]c(CO)nc2C(C)O1. The summed E-state index contributed by atoms with van der Waals surface area (Å²) < 4.78 is 5.61. The second-order valence-corrected chi connectivity index (χ2v) is 3.50. The van der Waals surface area contributed by atoms with Gasteiger partial charge in [-0.05, 0) is 13.8 Å². The molecule has 2 N–H and O–H groups in total. The van der Waals surface area contributed by atoms with Gasteiger partial charge in [-0.3, -0.25) is 0 Å². The van der Waals surface area contributed by atoms with Crippen LogP contribution >= 0.6 is 0 Å². The number of H-pyrrole nitrogens is 1. The number of aromatic nitrogens is 2. The van der Waals surface area contributed by atoms with Crippen LogP contribution in [-0.4, -0.2) is 21.2 Å². The second-order valence-electron chi connectivity index (χ2n) is 3.50. The first-order valence-electron chi connectivity index (χ1n) is 4.54. The first kappa shape index (κ1) is 8.72. The van der Waals surface area contributed by atoms with E-state index < -0.39 is 0 Å². The van der Waals surface area contributed by atoms with E-state index in [1.165, 1.54) is 0 Å². The molecule has 0 bridgehead atoms. The van der Waals surface area contributed by atoms with Gasteiger partial charge >= 0.3 is 0 Å². The maximum Gasteiger partial charge on any atom is 0.132 e. The maximum atomic E-state index is 8.90. The number of fused-ring (bicyclic) bond motifs is 1. The molecule has 0 amide bonds. The largest absolute Gasteiger partial charge is 0.388 e. The van der Waals surface area contributed by atoms with E-state index >= 15 is 0 Å². The minimum Gasteiger partial charge on any atom is -0.388 e. The fourth-order valence-electron chi connectivity index (χ4n) is 1.79. The Hall–Kier alpha value is -0.870. The zero-order chi connectivity index (χ0) is 9.42. The number of hydrogen-bond donors (Lipinski definition) is 2. The Morgan fingerprint density at radius 1 is 1.62 bits per heavy atom. The van der Waals surface area contributed by atoms with Crippen LogP contribution in [-0.2, 0) is 17.8 Å². The third-order valence-corrected chi connectivity index (χ3v) is 2.32. The fraction of sp³-hybridized carbons (Fsp3) is 0.667. The fourth-order valence-corrected chi connectivity index (χ4v) is 1.79. The van der Waals surface area contributed by atoms with Crippen LogP contribution in [0.4, 0.5) is 0 Å². The Morgan fingerprint density at radius 2 is 2.38 bits per heavy atom. The summed E-state index contributed by atoms with van der Waals surface area (Å²) in [6, 6.07) is 0. The maximum absolute atomic E-state index is 8.90. The van der Waals surface area contributed by atoms with Crippen LogP contribution in [0, 0.1) is 0 Å². The lowest BCUT2D eigenvalue weighted by Gasteiger charge is -2.23. The monoisotopic (exact) mass is 182 g/mol. The summed E-state index contributed by atoms with van der Waals surface area (Å²) in [5.41, 5.74) is 2.05. The van der Waals surface area contributed by atoms with Crippen molar-refractivity contribution in [2.75, 3.05) is 0 Å². The van der Waals surface area contributed by atoms with E-state index in [1.807, 2.05) is 13.8 Å². The number of ether oxygens (including phenoxy) is 1. The van der Waals surface area contributed by atoms with E-state index in [4.69, 9.17) is 9.84 Å². The third-order valence-electron chi connectivity index (χ3n) is 2.32. The number of nitrogens with one attached hydrogen (secondary N) is 1. The number of rotatable bonds is 1. The van der Waals surface area contributed by atoms with Gasteiger partial charge < -0.3 is 14.8 Å². The number of aromatic amines is 1. The second kappa shape index (κ2) is 3.12. The van der Waals surface area contributed by atoms with Crippen LogP contribution in [0.15, 0.2) is 0 Å². The van der Waals surface area contributed by atoms with E-state index in [-0.39, 0.29) is 18.8 Å². The highest BCUT2D eigenvalue weighted by Crippen LogP contribution is 2.27. The smallest absolute Gasteiger partial charge is 0.132 e. The van der Waals surface area contributed by atoms with Crippen LogP contribution in [0.3, 0.4) is 0 Å². The highest BCUT2D eigenvalue weighted by molar-refractivity contribution is 5.20. The highest BCUT2D eigenvalue weighted by atomic mass is 16.5. The summed E-state index contributed by atoms with van der Waals surface area (Å²) in [5.74, 6) is 0.634. The number of aliphatic hydroxyl groups is 1. The van der Waals surface area contributed by atoms with Gasteiger partial charge in [-0.25, -0.2) is 4.98 Å². The van der Waals surface area contributed by atoms with Crippen molar-refractivity contribution >= 4 is 0 Å². The molecule has 4 heteroatoms. The Morgan fingerprint density at radius 3 is 3.08 bits per heavy atom. The van der Waals surface area contributed by atoms with E-state index in [1.54, 1.807) is 0 Å².